The third kappa shape index (κ3) is 12.0. The number of fused-ring (bicyclic) bond motifs is 1. The number of aryl methyl sites for hydroxylation is 1. The molecule has 0 heterocycles. The monoisotopic (exact) mass is 575 g/mol. The average Bonchev–Trinajstić information content (AvgIpc) is 2.91. The summed E-state index contributed by atoms with van der Waals surface area (Å²) in [5.41, 5.74) is 10.6. The van der Waals surface area contributed by atoms with Crippen LogP contribution >= 0.6 is 40.7 Å². The van der Waals surface area contributed by atoms with Crippen LogP contribution in [0.3, 0.4) is 0 Å². The Balaban J connectivity index is -0.000000233. The zero-order valence-electron chi connectivity index (χ0n) is 17.4. The summed E-state index contributed by atoms with van der Waals surface area (Å²) in [4.78, 5) is 0. The fourth-order valence-corrected chi connectivity index (χ4v) is 2.74. The van der Waals surface area contributed by atoms with E-state index >= 15 is 0 Å². The van der Waals surface area contributed by atoms with Gasteiger partial charge < -0.3 is 20.6 Å². The fourth-order valence-electron chi connectivity index (χ4n) is 2.28. The third-order valence-electron chi connectivity index (χ3n) is 3.06. The number of halogens is 3. The van der Waals surface area contributed by atoms with Crippen LogP contribution in [0.5, 0.6) is 0 Å². The van der Waals surface area contributed by atoms with Crippen molar-refractivity contribution in [2.24, 2.45) is 0 Å². The van der Waals surface area contributed by atoms with Crippen LogP contribution in [0.2, 0.25) is 0 Å². The van der Waals surface area contributed by atoms with Crippen molar-refractivity contribution in [2.45, 2.75) is 33.2 Å². The van der Waals surface area contributed by atoms with Crippen LogP contribution in [0, 0.1) is 21.8 Å². The van der Waals surface area contributed by atoms with Crippen LogP contribution in [0.1, 0.15) is 26.3 Å². The van der Waals surface area contributed by atoms with Gasteiger partial charge in [-0.25, -0.2) is 0 Å². The first-order valence-electron chi connectivity index (χ1n) is 7.67. The van der Waals surface area contributed by atoms with Gasteiger partial charge in [0, 0.05) is 0 Å². The molecular formula is C22H30BrCl2NSiZr-4. The Labute approximate surface area is 209 Å². The molecule has 0 aliphatic heterocycles. The molecule has 3 aromatic carbocycles. The van der Waals surface area contributed by atoms with Gasteiger partial charge >= 0.3 is 30.2 Å². The molecule has 2 radical (unpaired) electrons. The Kier molecular flexibility index (Phi) is 21.5. The van der Waals surface area contributed by atoms with Gasteiger partial charge in [-0.2, -0.15) is 6.07 Å². The van der Waals surface area contributed by atoms with E-state index < -0.39 is 0 Å². The molecule has 3 aromatic rings. The first kappa shape index (κ1) is 35.6. The topological polar surface area (TPSA) is 23.8 Å². The Hall–Kier alpha value is 0.170. The van der Waals surface area contributed by atoms with Crippen molar-refractivity contribution in [3.05, 3.63) is 85.2 Å². The van der Waals surface area contributed by atoms with Gasteiger partial charge in [0.1, 0.15) is 0 Å². The molecule has 0 saturated carbocycles. The predicted octanol–water partition coefficient (Wildman–Crippen LogP) is 8.49. The summed E-state index contributed by atoms with van der Waals surface area (Å²) in [5.74, 6) is 0. The van der Waals surface area contributed by atoms with Crippen molar-refractivity contribution < 1.29 is 23.3 Å². The maximum absolute atomic E-state index is 6.94. The molecule has 0 aliphatic rings. The molecular weight excluding hydrogens is 548 g/mol. The Morgan fingerprint density at radius 2 is 1.43 bits per heavy atom. The molecule has 6 heteroatoms. The first-order valence-corrected chi connectivity index (χ1v) is 12.6. The van der Waals surface area contributed by atoms with Gasteiger partial charge in [-0.05, 0) is 5.56 Å². The van der Waals surface area contributed by atoms with Gasteiger partial charge in [-0.15, -0.1) is 68.7 Å². The third-order valence-corrected chi connectivity index (χ3v) is 3.75. The summed E-state index contributed by atoms with van der Waals surface area (Å²) in [6.45, 7) is 10.8. The van der Waals surface area contributed by atoms with E-state index in [0.29, 0.717) is 0 Å². The molecule has 0 amide bonds. The molecule has 3 rings (SSSR count). The zero-order valence-corrected chi connectivity index (χ0v) is 24.1. The molecule has 1 nitrogen and oxygen atoms in total. The summed E-state index contributed by atoms with van der Waals surface area (Å²) >= 11 is 4.97. The van der Waals surface area contributed by atoms with E-state index in [1.165, 1.54) is 55.3 Å². The summed E-state index contributed by atoms with van der Waals surface area (Å²) in [6, 6.07) is 19.3. The number of benzene rings is 2. The summed E-state index contributed by atoms with van der Waals surface area (Å²) in [7, 11) is 0. The van der Waals surface area contributed by atoms with E-state index in [1.807, 2.05) is 20.8 Å². The van der Waals surface area contributed by atoms with Crippen molar-refractivity contribution in [1.29, 1.82) is 0 Å². The average molecular weight is 579 g/mol. The molecule has 28 heavy (non-hydrogen) atoms. The molecule has 0 unspecified atom stereocenters. The Morgan fingerprint density at radius 3 is 1.89 bits per heavy atom. The van der Waals surface area contributed by atoms with Crippen molar-refractivity contribution in [3.63, 3.8) is 0 Å². The van der Waals surface area contributed by atoms with Gasteiger partial charge in [0.2, 0.25) is 0 Å². The van der Waals surface area contributed by atoms with Crippen LogP contribution in [0.4, 0.5) is 0 Å². The van der Waals surface area contributed by atoms with Crippen molar-refractivity contribution in [1.82, 2.24) is 0 Å². The van der Waals surface area contributed by atoms with Crippen LogP contribution in [-0.4, -0.2) is 12.4 Å². The number of rotatable bonds is 1. The van der Waals surface area contributed by atoms with Gasteiger partial charge in [-0.3, -0.25) is 0 Å². The van der Waals surface area contributed by atoms with Crippen LogP contribution < -0.4 is 0 Å². The molecule has 1 N–H and O–H groups in total. The zero-order chi connectivity index (χ0) is 18.3. The van der Waals surface area contributed by atoms with E-state index in [0.717, 1.165) is 0 Å². The predicted molar refractivity (Wildman–Crippen MR) is 135 cm³/mol. The van der Waals surface area contributed by atoms with E-state index in [-0.39, 0.29) is 45.2 Å². The van der Waals surface area contributed by atoms with Crippen molar-refractivity contribution >= 4 is 58.4 Å². The second-order valence-electron chi connectivity index (χ2n) is 6.57. The van der Waals surface area contributed by atoms with E-state index in [9.17, 15) is 0 Å². The second-order valence-corrected chi connectivity index (χ2v) is 7.43. The molecule has 0 aliphatic carbocycles. The van der Waals surface area contributed by atoms with E-state index in [4.69, 9.17) is 5.73 Å². The standard InChI is InChI=1S/C16H12Br.C4H10N.2CH3.2ClH.Si.Zr/c1-11-9-14-13(12-5-3-2-4-6-12)7-8-16(17)15(14)10-11;1-4(2,3)5;;;;;;/h2-10H,1H3;5H,1-3H3;2*1H3;2*1H;;/q4*-1;;;;. The first-order chi connectivity index (χ1) is 11.3. The Bertz CT molecular complexity index is 780. The second kappa shape index (κ2) is 16.9. The molecule has 0 atom stereocenters. The number of hydrogen-bond acceptors (Lipinski definition) is 0. The van der Waals surface area contributed by atoms with Gasteiger partial charge in [0.05, 0.1) is 0 Å². The maximum atomic E-state index is 6.94. The minimum absolute atomic E-state index is 0. The minimum atomic E-state index is -0.250. The summed E-state index contributed by atoms with van der Waals surface area (Å²) in [5, 5.41) is 2.62. The van der Waals surface area contributed by atoms with Gasteiger partial charge in [-0.1, -0.05) is 80.2 Å². The summed E-state index contributed by atoms with van der Waals surface area (Å²) < 4.78 is 1.17. The number of hydrogen-bond donors (Lipinski definition) is 0. The van der Waals surface area contributed by atoms with Gasteiger partial charge in [0.25, 0.3) is 0 Å². The number of nitrogens with one attached hydrogen (secondary N) is 1. The SMILES string of the molecule is CC(C)(C)[NH-].Cc1cc2c(-c3ccccc3)ccc(Br)c2[cH-]1.Cl.Cl.[CH3-].[CH3-].[Si]=[Zr]. The fraction of sp³-hybridized carbons (Fsp3) is 0.227. The van der Waals surface area contributed by atoms with Crippen LogP contribution in [-0.2, 0) is 23.3 Å². The van der Waals surface area contributed by atoms with Crippen molar-refractivity contribution in [3.8, 4) is 11.1 Å². The molecule has 0 saturated heterocycles. The van der Waals surface area contributed by atoms with E-state index in [2.05, 4.69) is 84.3 Å². The Morgan fingerprint density at radius 1 is 0.964 bits per heavy atom. The quantitative estimate of drug-likeness (QED) is 0.204. The van der Waals surface area contributed by atoms with Crippen LogP contribution in [0.25, 0.3) is 27.6 Å². The normalized spacial score (nSPS) is 8.89. The molecule has 0 bridgehead atoms. The summed E-state index contributed by atoms with van der Waals surface area (Å²) in [6.07, 6.45) is 0. The van der Waals surface area contributed by atoms with Crippen molar-refractivity contribution in [2.75, 3.05) is 0 Å². The van der Waals surface area contributed by atoms with Gasteiger partial charge in [0.15, 0.2) is 0 Å². The molecule has 0 spiro atoms. The van der Waals surface area contributed by atoms with Crippen LogP contribution in [0.15, 0.2) is 59.1 Å². The molecule has 0 aromatic heterocycles. The van der Waals surface area contributed by atoms with E-state index in [1.54, 1.807) is 0 Å². The molecule has 156 valence electrons. The molecule has 0 fully saturated rings.